The van der Waals surface area contributed by atoms with Gasteiger partial charge in [-0.25, -0.2) is 0 Å². The van der Waals surface area contributed by atoms with E-state index in [0.717, 1.165) is 12.5 Å². The van der Waals surface area contributed by atoms with Gasteiger partial charge in [-0.1, -0.05) is 20.3 Å². The predicted octanol–water partition coefficient (Wildman–Crippen LogP) is 0.888. The van der Waals surface area contributed by atoms with Crippen molar-refractivity contribution in [1.82, 2.24) is 5.32 Å². The van der Waals surface area contributed by atoms with Crippen molar-refractivity contribution in [3.63, 3.8) is 0 Å². The van der Waals surface area contributed by atoms with Crippen LogP contribution in [0.3, 0.4) is 0 Å². The molecular formula is C10H20N2O. The fraction of sp³-hybridized carbons (Fsp3) is 0.900. The van der Waals surface area contributed by atoms with E-state index in [4.69, 9.17) is 5.73 Å². The molecule has 1 aliphatic rings. The SMILES string of the molecule is CC(C)(CNCC(N)=O)C1CCC1. The molecule has 0 unspecified atom stereocenters. The molecule has 13 heavy (non-hydrogen) atoms. The molecule has 0 atom stereocenters. The topological polar surface area (TPSA) is 55.1 Å². The Kier molecular flexibility index (Phi) is 3.31. The minimum Gasteiger partial charge on any atom is -0.369 e. The quantitative estimate of drug-likeness (QED) is 0.666. The Labute approximate surface area is 80.1 Å². The van der Waals surface area contributed by atoms with E-state index in [1.165, 1.54) is 19.3 Å². The minimum atomic E-state index is -0.274. The van der Waals surface area contributed by atoms with Gasteiger partial charge in [0, 0.05) is 6.54 Å². The molecule has 1 fully saturated rings. The van der Waals surface area contributed by atoms with E-state index in [1.54, 1.807) is 0 Å². The lowest BCUT2D eigenvalue weighted by Gasteiger charge is -2.40. The maximum absolute atomic E-state index is 10.5. The summed E-state index contributed by atoms with van der Waals surface area (Å²) in [6.45, 7) is 5.70. The van der Waals surface area contributed by atoms with Gasteiger partial charge < -0.3 is 11.1 Å². The number of amides is 1. The summed E-state index contributed by atoms with van der Waals surface area (Å²) in [5.74, 6) is 0.553. The fourth-order valence-corrected chi connectivity index (χ4v) is 1.84. The van der Waals surface area contributed by atoms with Crippen LogP contribution in [0.4, 0.5) is 0 Å². The van der Waals surface area contributed by atoms with E-state index >= 15 is 0 Å². The van der Waals surface area contributed by atoms with E-state index in [0.29, 0.717) is 12.0 Å². The van der Waals surface area contributed by atoms with Gasteiger partial charge in [0.2, 0.25) is 5.91 Å². The first kappa shape index (κ1) is 10.5. The molecule has 0 aromatic rings. The fourth-order valence-electron chi connectivity index (χ4n) is 1.84. The summed E-state index contributed by atoms with van der Waals surface area (Å²) in [5, 5.41) is 3.10. The molecule has 3 heteroatoms. The van der Waals surface area contributed by atoms with Crippen LogP contribution in [0.1, 0.15) is 33.1 Å². The maximum atomic E-state index is 10.5. The molecule has 76 valence electrons. The van der Waals surface area contributed by atoms with Crippen LogP contribution in [0.2, 0.25) is 0 Å². The number of carbonyl (C=O) groups excluding carboxylic acids is 1. The first-order chi connectivity index (χ1) is 6.02. The first-order valence-electron chi connectivity index (χ1n) is 5.01. The molecule has 1 saturated carbocycles. The number of primary amides is 1. The molecule has 1 aliphatic carbocycles. The van der Waals surface area contributed by atoms with Crippen LogP contribution in [-0.2, 0) is 4.79 Å². The van der Waals surface area contributed by atoms with Gasteiger partial charge in [0.25, 0.3) is 0 Å². The molecule has 0 saturated heterocycles. The Morgan fingerprint density at radius 1 is 1.54 bits per heavy atom. The normalized spacial score (nSPS) is 18.3. The van der Waals surface area contributed by atoms with E-state index in [9.17, 15) is 4.79 Å². The monoisotopic (exact) mass is 184 g/mol. The van der Waals surface area contributed by atoms with Crippen LogP contribution in [0.5, 0.6) is 0 Å². The Morgan fingerprint density at radius 2 is 2.15 bits per heavy atom. The Hall–Kier alpha value is -0.570. The molecule has 0 spiro atoms. The highest BCUT2D eigenvalue weighted by Crippen LogP contribution is 2.40. The molecule has 0 bridgehead atoms. The lowest BCUT2D eigenvalue weighted by atomic mass is 9.67. The first-order valence-corrected chi connectivity index (χ1v) is 5.01. The largest absolute Gasteiger partial charge is 0.369 e. The van der Waals surface area contributed by atoms with Gasteiger partial charge in [-0.3, -0.25) is 4.79 Å². The second-order valence-electron chi connectivity index (χ2n) is 4.69. The average molecular weight is 184 g/mol. The van der Waals surface area contributed by atoms with Gasteiger partial charge >= 0.3 is 0 Å². The molecule has 1 rings (SSSR count). The average Bonchev–Trinajstić information content (AvgIpc) is 1.79. The van der Waals surface area contributed by atoms with E-state index in [-0.39, 0.29) is 5.91 Å². The summed E-state index contributed by atoms with van der Waals surface area (Å²) >= 11 is 0. The van der Waals surface area contributed by atoms with Crippen LogP contribution in [0.15, 0.2) is 0 Å². The third kappa shape index (κ3) is 2.99. The lowest BCUT2D eigenvalue weighted by Crippen LogP contribution is -2.41. The number of nitrogens with two attached hydrogens (primary N) is 1. The summed E-state index contributed by atoms with van der Waals surface area (Å²) < 4.78 is 0. The number of rotatable bonds is 5. The number of carbonyl (C=O) groups is 1. The van der Waals surface area contributed by atoms with Gasteiger partial charge in [-0.15, -0.1) is 0 Å². The van der Waals surface area contributed by atoms with Crippen LogP contribution in [-0.4, -0.2) is 19.0 Å². The minimum absolute atomic E-state index is 0.274. The van der Waals surface area contributed by atoms with Gasteiger partial charge in [-0.2, -0.15) is 0 Å². The summed E-state index contributed by atoms with van der Waals surface area (Å²) in [7, 11) is 0. The zero-order valence-corrected chi connectivity index (χ0v) is 8.60. The molecule has 0 aliphatic heterocycles. The maximum Gasteiger partial charge on any atom is 0.231 e. The smallest absolute Gasteiger partial charge is 0.231 e. The summed E-state index contributed by atoms with van der Waals surface area (Å²) in [6.07, 6.45) is 4.04. The highest BCUT2D eigenvalue weighted by Gasteiger charge is 2.33. The highest BCUT2D eigenvalue weighted by molar-refractivity contribution is 5.75. The molecule has 0 aromatic carbocycles. The van der Waals surface area contributed by atoms with E-state index in [2.05, 4.69) is 19.2 Å². The van der Waals surface area contributed by atoms with Gasteiger partial charge in [0.1, 0.15) is 0 Å². The number of hydrogen-bond acceptors (Lipinski definition) is 2. The number of hydrogen-bond donors (Lipinski definition) is 2. The predicted molar refractivity (Wildman–Crippen MR) is 53.2 cm³/mol. The third-order valence-electron chi connectivity index (χ3n) is 3.09. The molecule has 1 amide bonds. The van der Waals surface area contributed by atoms with Crippen LogP contribution < -0.4 is 11.1 Å². The zero-order valence-electron chi connectivity index (χ0n) is 8.60. The Morgan fingerprint density at radius 3 is 2.54 bits per heavy atom. The van der Waals surface area contributed by atoms with Gasteiger partial charge in [0.05, 0.1) is 6.54 Å². The molecule has 3 nitrogen and oxygen atoms in total. The molecule has 0 heterocycles. The summed E-state index contributed by atoms with van der Waals surface area (Å²) in [4.78, 5) is 10.5. The van der Waals surface area contributed by atoms with Crippen molar-refractivity contribution in [3.05, 3.63) is 0 Å². The van der Waals surface area contributed by atoms with Crippen molar-refractivity contribution in [1.29, 1.82) is 0 Å². The molecule has 0 aromatic heterocycles. The van der Waals surface area contributed by atoms with Crippen molar-refractivity contribution in [2.75, 3.05) is 13.1 Å². The van der Waals surface area contributed by atoms with E-state index in [1.807, 2.05) is 0 Å². The standard InChI is InChI=1S/C10H20N2O/c1-10(2,8-4-3-5-8)7-12-6-9(11)13/h8,12H,3-7H2,1-2H3,(H2,11,13). The van der Waals surface area contributed by atoms with Crippen molar-refractivity contribution >= 4 is 5.91 Å². The van der Waals surface area contributed by atoms with Gasteiger partial charge in [-0.05, 0) is 24.2 Å². The van der Waals surface area contributed by atoms with E-state index < -0.39 is 0 Å². The Bertz CT molecular complexity index is 185. The van der Waals surface area contributed by atoms with Gasteiger partial charge in [0.15, 0.2) is 0 Å². The van der Waals surface area contributed by atoms with Crippen molar-refractivity contribution in [2.24, 2.45) is 17.1 Å². The summed E-state index contributed by atoms with van der Waals surface area (Å²) in [5.41, 5.74) is 5.36. The zero-order chi connectivity index (χ0) is 9.90. The van der Waals surface area contributed by atoms with Crippen molar-refractivity contribution in [2.45, 2.75) is 33.1 Å². The molecule has 0 radical (unpaired) electrons. The van der Waals surface area contributed by atoms with Crippen LogP contribution in [0.25, 0.3) is 0 Å². The van der Waals surface area contributed by atoms with Crippen LogP contribution in [0, 0.1) is 11.3 Å². The Balaban J connectivity index is 2.21. The highest BCUT2D eigenvalue weighted by atomic mass is 16.1. The molecule has 3 N–H and O–H groups in total. The second kappa shape index (κ2) is 4.09. The lowest BCUT2D eigenvalue weighted by molar-refractivity contribution is -0.117. The van der Waals surface area contributed by atoms with Crippen LogP contribution >= 0.6 is 0 Å². The number of nitrogens with one attached hydrogen (secondary N) is 1. The van der Waals surface area contributed by atoms with Crippen molar-refractivity contribution in [3.8, 4) is 0 Å². The summed E-state index contributed by atoms with van der Waals surface area (Å²) in [6, 6.07) is 0. The molecular weight excluding hydrogens is 164 g/mol. The second-order valence-corrected chi connectivity index (χ2v) is 4.69. The van der Waals surface area contributed by atoms with Crippen molar-refractivity contribution < 1.29 is 4.79 Å². The third-order valence-corrected chi connectivity index (χ3v) is 3.09.